The fourth-order valence-corrected chi connectivity index (χ4v) is 5.22. The van der Waals surface area contributed by atoms with Crippen LogP contribution in [0.4, 0.5) is 0 Å². The molecule has 1 N–H and O–H groups in total. The lowest BCUT2D eigenvalue weighted by atomic mass is 9.92. The molecular weight excluding hydrogens is 460 g/mol. The number of carbonyl (C=O) groups is 1. The lowest BCUT2D eigenvalue weighted by Gasteiger charge is -2.30. The molecule has 0 aliphatic carbocycles. The van der Waals surface area contributed by atoms with E-state index in [9.17, 15) is 9.90 Å². The number of likely N-dealkylation sites (N-methyl/N-ethyl adjacent to an activating group) is 1. The van der Waals surface area contributed by atoms with Gasteiger partial charge >= 0.3 is 5.97 Å². The summed E-state index contributed by atoms with van der Waals surface area (Å²) in [4.78, 5) is 19.5. The van der Waals surface area contributed by atoms with Gasteiger partial charge in [-0.05, 0) is 56.7 Å². The number of aromatic carboxylic acids is 1. The summed E-state index contributed by atoms with van der Waals surface area (Å²) in [7, 11) is 0. The lowest BCUT2D eigenvalue weighted by molar-refractivity contribution is 0.0696. The Balaban J connectivity index is 1.72. The summed E-state index contributed by atoms with van der Waals surface area (Å²) >= 11 is 6.90. The molecule has 1 aliphatic heterocycles. The number of rotatable bonds is 4. The number of hydrogen-bond donors (Lipinski definition) is 1. The Bertz CT molecular complexity index is 1520. The van der Waals surface area contributed by atoms with E-state index >= 15 is 0 Å². The molecule has 0 radical (unpaired) electrons. The average Bonchev–Trinajstić information content (AvgIpc) is 3.10. The van der Waals surface area contributed by atoms with Crippen LogP contribution in [-0.2, 0) is 6.54 Å². The maximum absolute atomic E-state index is 12.4. The van der Waals surface area contributed by atoms with Gasteiger partial charge in [-0.25, -0.2) is 14.5 Å². The lowest BCUT2D eigenvalue weighted by Crippen LogP contribution is -2.31. The molecule has 6 nitrogen and oxygen atoms in total. The second-order valence-corrected chi connectivity index (χ2v) is 9.46. The standard InChI is InChI=1S/C28H27ClN4O2/c1-5-32-14-19(26-22(15-32)25(28(34)35)20-8-6-7-9-23(20)30-26)13-21-18(4)31-33(27(21)29)24-11-10-16(2)12-17(24)3/h6-13H,5,14-15H2,1-4H3,(H,34,35). The van der Waals surface area contributed by atoms with Crippen LogP contribution in [0.2, 0.25) is 5.15 Å². The number of aryl methyl sites for hydroxylation is 3. The smallest absolute Gasteiger partial charge is 0.336 e. The zero-order chi connectivity index (χ0) is 24.9. The van der Waals surface area contributed by atoms with E-state index in [-0.39, 0.29) is 0 Å². The van der Waals surface area contributed by atoms with Crippen molar-refractivity contribution >= 4 is 40.1 Å². The molecule has 7 heteroatoms. The number of nitrogens with zero attached hydrogens (tertiary/aromatic N) is 4. The van der Waals surface area contributed by atoms with Gasteiger partial charge in [0.25, 0.3) is 0 Å². The van der Waals surface area contributed by atoms with Crippen molar-refractivity contribution in [2.45, 2.75) is 34.2 Å². The summed E-state index contributed by atoms with van der Waals surface area (Å²) < 4.78 is 1.77. The van der Waals surface area contributed by atoms with Gasteiger partial charge in [0.05, 0.1) is 28.2 Å². The van der Waals surface area contributed by atoms with Gasteiger partial charge < -0.3 is 5.11 Å². The fraction of sp³-hybridized carbons (Fsp3) is 0.250. The Kier molecular flexibility index (Phi) is 5.95. The average molecular weight is 487 g/mol. The first-order valence-corrected chi connectivity index (χ1v) is 12.1. The number of carboxylic acid groups (broad SMARTS) is 1. The van der Waals surface area contributed by atoms with Crippen molar-refractivity contribution in [2.75, 3.05) is 13.1 Å². The second kappa shape index (κ2) is 8.95. The molecule has 0 spiro atoms. The highest BCUT2D eigenvalue weighted by molar-refractivity contribution is 6.31. The summed E-state index contributed by atoms with van der Waals surface area (Å²) in [6, 6.07) is 13.6. The predicted octanol–water partition coefficient (Wildman–Crippen LogP) is 6.07. The third-order valence-corrected chi connectivity index (χ3v) is 7.04. The molecule has 0 atom stereocenters. The molecule has 0 saturated carbocycles. The predicted molar refractivity (Wildman–Crippen MR) is 140 cm³/mol. The molecule has 2 aromatic heterocycles. The van der Waals surface area contributed by atoms with Crippen LogP contribution in [0.15, 0.2) is 42.5 Å². The van der Waals surface area contributed by atoms with Crippen molar-refractivity contribution in [1.29, 1.82) is 0 Å². The summed E-state index contributed by atoms with van der Waals surface area (Å²) in [5.41, 5.74) is 8.22. The van der Waals surface area contributed by atoms with E-state index in [1.165, 1.54) is 5.56 Å². The van der Waals surface area contributed by atoms with Crippen LogP contribution in [0, 0.1) is 20.8 Å². The third kappa shape index (κ3) is 4.03. The summed E-state index contributed by atoms with van der Waals surface area (Å²) in [5, 5.41) is 16.1. The maximum atomic E-state index is 12.4. The minimum atomic E-state index is -0.936. The Morgan fingerprint density at radius 2 is 1.91 bits per heavy atom. The van der Waals surface area contributed by atoms with E-state index in [0.29, 0.717) is 34.7 Å². The summed E-state index contributed by atoms with van der Waals surface area (Å²) in [6.07, 6.45) is 2.03. The highest BCUT2D eigenvalue weighted by Crippen LogP contribution is 2.36. The van der Waals surface area contributed by atoms with E-state index < -0.39 is 5.97 Å². The van der Waals surface area contributed by atoms with Crippen molar-refractivity contribution in [3.8, 4) is 5.69 Å². The van der Waals surface area contributed by atoms with Crippen molar-refractivity contribution in [1.82, 2.24) is 19.7 Å². The van der Waals surface area contributed by atoms with Crippen molar-refractivity contribution in [3.05, 3.63) is 86.8 Å². The van der Waals surface area contributed by atoms with E-state index in [1.807, 2.05) is 56.3 Å². The first kappa shape index (κ1) is 23.3. The van der Waals surface area contributed by atoms with Gasteiger partial charge in [0.15, 0.2) is 0 Å². The number of hydrogen-bond acceptors (Lipinski definition) is 4. The number of pyridine rings is 1. The maximum Gasteiger partial charge on any atom is 0.336 e. The first-order chi connectivity index (χ1) is 16.8. The Morgan fingerprint density at radius 3 is 2.63 bits per heavy atom. The first-order valence-electron chi connectivity index (χ1n) is 11.7. The molecule has 5 rings (SSSR count). The molecule has 0 unspecified atom stereocenters. The van der Waals surface area contributed by atoms with Gasteiger partial charge in [0, 0.05) is 29.6 Å². The zero-order valence-corrected chi connectivity index (χ0v) is 21.0. The van der Waals surface area contributed by atoms with Gasteiger partial charge in [-0.3, -0.25) is 4.90 Å². The summed E-state index contributed by atoms with van der Waals surface area (Å²) in [5.74, 6) is -0.936. The fourth-order valence-electron chi connectivity index (χ4n) is 4.90. The number of aromatic nitrogens is 3. The molecule has 35 heavy (non-hydrogen) atoms. The minimum Gasteiger partial charge on any atom is -0.478 e. The van der Waals surface area contributed by atoms with Crippen LogP contribution < -0.4 is 0 Å². The molecule has 4 aromatic rings. The van der Waals surface area contributed by atoms with Crippen molar-refractivity contribution in [3.63, 3.8) is 0 Å². The highest BCUT2D eigenvalue weighted by Gasteiger charge is 2.28. The van der Waals surface area contributed by atoms with Crippen LogP contribution in [0.5, 0.6) is 0 Å². The highest BCUT2D eigenvalue weighted by atomic mass is 35.5. The SMILES string of the molecule is CCN1CC(=Cc2c(C)nn(-c3ccc(C)cc3C)c2Cl)c2nc3ccccc3c(C(=O)O)c2C1. The van der Waals surface area contributed by atoms with Gasteiger partial charge in [-0.2, -0.15) is 5.10 Å². The van der Waals surface area contributed by atoms with Gasteiger partial charge in [-0.1, -0.05) is 54.4 Å². The van der Waals surface area contributed by atoms with E-state index in [2.05, 4.69) is 24.8 Å². The van der Waals surface area contributed by atoms with Crippen LogP contribution >= 0.6 is 11.6 Å². The molecule has 3 heterocycles. The van der Waals surface area contributed by atoms with Gasteiger partial charge in [0.1, 0.15) is 5.15 Å². The normalized spacial score (nSPS) is 15.1. The van der Waals surface area contributed by atoms with Gasteiger partial charge in [0.2, 0.25) is 0 Å². The quantitative estimate of drug-likeness (QED) is 0.379. The molecule has 0 bridgehead atoms. The van der Waals surface area contributed by atoms with Crippen molar-refractivity contribution < 1.29 is 9.90 Å². The second-order valence-electron chi connectivity index (χ2n) is 9.10. The third-order valence-electron chi connectivity index (χ3n) is 6.68. The Hall–Kier alpha value is -3.48. The number of fused-ring (bicyclic) bond motifs is 2. The number of halogens is 1. The molecule has 1 aliphatic rings. The molecule has 0 amide bonds. The van der Waals surface area contributed by atoms with E-state index in [1.54, 1.807) is 4.68 Å². The van der Waals surface area contributed by atoms with Crippen molar-refractivity contribution in [2.24, 2.45) is 0 Å². The van der Waals surface area contributed by atoms with Crippen LogP contribution in [0.1, 0.15) is 50.9 Å². The molecule has 0 fully saturated rings. The van der Waals surface area contributed by atoms with Crippen LogP contribution in [0.3, 0.4) is 0 Å². The van der Waals surface area contributed by atoms with Crippen LogP contribution in [0.25, 0.3) is 28.2 Å². The molecule has 0 saturated heterocycles. The topological polar surface area (TPSA) is 71.2 Å². The van der Waals surface area contributed by atoms with Gasteiger partial charge in [-0.15, -0.1) is 0 Å². The van der Waals surface area contributed by atoms with E-state index in [0.717, 1.165) is 45.9 Å². The van der Waals surface area contributed by atoms with Crippen LogP contribution in [-0.4, -0.2) is 43.8 Å². The van der Waals surface area contributed by atoms with E-state index in [4.69, 9.17) is 21.7 Å². The Labute approximate surface area is 209 Å². The number of carboxylic acids is 1. The zero-order valence-electron chi connectivity index (χ0n) is 20.3. The largest absolute Gasteiger partial charge is 0.478 e. The Morgan fingerprint density at radius 1 is 1.14 bits per heavy atom. The summed E-state index contributed by atoms with van der Waals surface area (Å²) in [6.45, 7) is 10.1. The molecule has 2 aromatic carbocycles. The monoisotopic (exact) mass is 486 g/mol. The number of para-hydroxylation sites is 1. The minimum absolute atomic E-state index is 0.323. The number of benzene rings is 2. The molecule has 178 valence electrons. The molecular formula is C28H27ClN4O2.